The first-order valence-corrected chi connectivity index (χ1v) is 6.85. The molecule has 1 aromatic heterocycles. The molecule has 1 aliphatic heterocycles. The lowest BCUT2D eigenvalue weighted by Gasteiger charge is -2.41. The molecule has 0 radical (unpaired) electrons. The fourth-order valence-electron chi connectivity index (χ4n) is 3.23. The van der Waals surface area contributed by atoms with Gasteiger partial charge in [-0.1, -0.05) is 12.8 Å². The van der Waals surface area contributed by atoms with Gasteiger partial charge in [-0.2, -0.15) is 5.10 Å². The molecule has 2 fully saturated rings. The molecule has 0 bridgehead atoms. The van der Waals surface area contributed by atoms with E-state index in [1.165, 1.54) is 25.7 Å². The van der Waals surface area contributed by atoms with Crippen LogP contribution in [-0.2, 0) is 6.54 Å². The summed E-state index contributed by atoms with van der Waals surface area (Å²) < 4.78 is 2.01. The third-order valence-electron chi connectivity index (χ3n) is 4.21. The predicted octanol–water partition coefficient (Wildman–Crippen LogP) is 1.63. The third kappa shape index (κ3) is 2.06. The SMILES string of the molecule is CCn1ccc(N2CCNC3(CCCC3)C2)n1. The van der Waals surface area contributed by atoms with Gasteiger partial charge in [0.15, 0.2) is 5.82 Å². The van der Waals surface area contributed by atoms with Crippen LogP contribution in [0.1, 0.15) is 32.6 Å². The zero-order valence-electron chi connectivity index (χ0n) is 10.7. The quantitative estimate of drug-likeness (QED) is 0.844. The molecule has 4 nitrogen and oxygen atoms in total. The molecule has 1 spiro atoms. The second-order valence-corrected chi connectivity index (χ2v) is 5.37. The summed E-state index contributed by atoms with van der Waals surface area (Å²) in [4.78, 5) is 2.45. The second-order valence-electron chi connectivity index (χ2n) is 5.37. The highest BCUT2D eigenvalue weighted by molar-refractivity contribution is 5.39. The van der Waals surface area contributed by atoms with Gasteiger partial charge >= 0.3 is 0 Å². The molecule has 3 rings (SSSR count). The summed E-state index contributed by atoms with van der Waals surface area (Å²) in [6.07, 6.45) is 7.50. The van der Waals surface area contributed by atoms with Gasteiger partial charge in [-0.15, -0.1) is 0 Å². The van der Waals surface area contributed by atoms with Crippen LogP contribution in [0.5, 0.6) is 0 Å². The van der Waals surface area contributed by atoms with Crippen molar-refractivity contribution in [1.29, 1.82) is 0 Å². The Labute approximate surface area is 103 Å². The Kier molecular flexibility index (Phi) is 2.82. The first-order chi connectivity index (χ1) is 8.31. The van der Waals surface area contributed by atoms with Gasteiger partial charge in [-0.3, -0.25) is 4.68 Å². The van der Waals surface area contributed by atoms with E-state index in [-0.39, 0.29) is 0 Å². The van der Waals surface area contributed by atoms with E-state index in [1.807, 2.05) is 4.68 Å². The molecule has 0 aromatic carbocycles. The Bertz CT molecular complexity index is 379. The normalized spacial score (nSPS) is 23.5. The number of hydrogen-bond donors (Lipinski definition) is 1. The van der Waals surface area contributed by atoms with Crippen molar-refractivity contribution in [2.45, 2.75) is 44.7 Å². The maximum Gasteiger partial charge on any atom is 0.150 e. The fourth-order valence-corrected chi connectivity index (χ4v) is 3.23. The smallest absolute Gasteiger partial charge is 0.150 e. The van der Waals surface area contributed by atoms with Crippen molar-refractivity contribution >= 4 is 5.82 Å². The molecule has 1 aliphatic carbocycles. The van der Waals surface area contributed by atoms with E-state index in [9.17, 15) is 0 Å². The average Bonchev–Trinajstić information content (AvgIpc) is 2.99. The Morgan fingerprint density at radius 2 is 2.24 bits per heavy atom. The van der Waals surface area contributed by atoms with Gasteiger partial charge in [0.2, 0.25) is 0 Å². The minimum absolute atomic E-state index is 0.383. The first-order valence-electron chi connectivity index (χ1n) is 6.85. The lowest BCUT2D eigenvalue weighted by atomic mass is 9.94. The van der Waals surface area contributed by atoms with Crippen LogP contribution in [0.4, 0.5) is 5.82 Å². The molecule has 0 unspecified atom stereocenters. The maximum atomic E-state index is 4.62. The number of aryl methyl sites for hydroxylation is 1. The van der Waals surface area contributed by atoms with E-state index in [1.54, 1.807) is 0 Å². The Hall–Kier alpha value is -1.03. The van der Waals surface area contributed by atoms with Crippen LogP contribution < -0.4 is 10.2 Å². The van der Waals surface area contributed by atoms with E-state index in [4.69, 9.17) is 0 Å². The van der Waals surface area contributed by atoms with E-state index >= 15 is 0 Å². The van der Waals surface area contributed by atoms with Crippen LogP contribution in [0.3, 0.4) is 0 Å². The van der Waals surface area contributed by atoms with Gasteiger partial charge < -0.3 is 10.2 Å². The van der Waals surface area contributed by atoms with Gasteiger partial charge in [0.1, 0.15) is 0 Å². The van der Waals surface area contributed by atoms with Gasteiger partial charge in [-0.05, 0) is 19.8 Å². The van der Waals surface area contributed by atoms with Crippen molar-refractivity contribution in [3.8, 4) is 0 Å². The Balaban J connectivity index is 1.74. The standard InChI is InChI=1S/C13H22N4/c1-2-17-9-5-12(15-17)16-10-8-14-13(11-16)6-3-4-7-13/h5,9,14H,2-4,6-8,10-11H2,1H3. The van der Waals surface area contributed by atoms with Gasteiger partial charge in [-0.25, -0.2) is 0 Å². The molecule has 2 heterocycles. The molecular formula is C13H22N4. The fraction of sp³-hybridized carbons (Fsp3) is 0.769. The molecule has 1 N–H and O–H groups in total. The van der Waals surface area contributed by atoms with Crippen LogP contribution in [0, 0.1) is 0 Å². The van der Waals surface area contributed by atoms with Gasteiger partial charge in [0.25, 0.3) is 0 Å². The van der Waals surface area contributed by atoms with Gasteiger partial charge in [0, 0.05) is 44.0 Å². The molecule has 4 heteroatoms. The van der Waals surface area contributed by atoms with E-state index in [0.29, 0.717) is 5.54 Å². The summed E-state index contributed by atoms with van der Waals surface area (Å²) in [6, 6.07) is 2.15. The zero-order valence-corrected chi connectivity index (χ0v) is 10.7. The molecule has 0 atom stereocenters. The maximum absolute atomic E-state index is 4.62. The Morgan fingerprint density at radius 1 is 1.41 bits per heavy atom. The number of nitrogens with one attached hydrogen (secondary N) is 1. The van der Waals surface area contributed by atoms with Crippen LogP contribution in [-0.4, -0.2) is 35.0 Å². The number of aromatic nitrogens is 2. The third-order valence-corrected chi connectivity index (χ3v) is 4.21. The molecule has 1 saturated carbocycles. The van der Waals surface area contributed by atoms with Gasteiger partial charge in [0.05, 0.1) is 0 Å². The summed E-state index contributed by atoms with van der Waals surface area (Å²) in [7, 11) is 0. The highest BCUT2D eigenvalue weighted by atomic mass is 15.4. The van der Waals surface area contributed by atoms with E-state index in [0.717, 1.165) is 32.0 Å². The first kappa shape index (κ1) is 11.1. The summed E-state index contributed by atoms with van der Waals surface area (Å²) in [5.74, 6) is 1.15. The number of nitrogens with zero attached hydrogens (tertiary/aromatic N) is 3. The van der Waals surface area contributed by atoms with Crippen molar-refractivity contribution in [1.82, 2.24) is 15.1 Å². The lowest BCUT2D eigenvalue weighted by Crippen LogP contribution is -2.59. The predicted molar refractivity (Wildman–Crippen MR) is 69.3 cm³/mol. The van der Waals surface area contributed by atoms with Crippen molar-refractivity contribution in [3.63, 3.8) is 0 Å². The van der Waals surface area contributed by atoms with Crippen molar-refractivity contribution in [2.24, 2.45) is 0 Å². The van der Waals surface area contributed by atoms with E-state index in [2.05, 4.69) is 34.5 Å². The van der Waals surface area contributed by atoms with Crippen LogP contribution in [0.15, 0.2) is 12.3 Å². The largest absolute Gasteiger partial charge is 0.352 e. The molecule has 0 amide bonds. The average molecular weight is 234 g/mol. The number of hydrogen-bond acceptors (Lipinski definition) is 3. The topological polar surface area (TPSA) is 33.1 Å². The summed E-state index contributed by atoms with van der Waals surface area (Å²) in [5.41, 5.74) is 0.383. The number of anilines is 1. The van der Waals surface area contributed by atoms with Crippen LogP contribution in [0.25, 0.3) is 0 Å². The molecule has 2 aliphatic rings. The van der Waals surface area contributed by atoms with Crippen LogP contribution >= 0.6 is 0 Å². The molecule has 94 valence electrons. The van der Waals surface area contributed by atoms with E-state index < -0.39 is 0 Å². The number of rotatable bonds is 2. The second kappa shape index (κ2) is 4.33. The summed E-state index contributed by atoms with van der Waals surface area (Å²) in [5, 5.41) is 8.36. The lowest BCUT2D eigenvalue weighted by molar-refractivity contribution is 0.302. The minimum Gasteiger partial charge on any atom is -0.352 e. The zero-order chi connectivity index (χ0) is 11.7. The minimum atomic E-state index is 0.383. The molecule has 1 saturated heterocycles. The monoisotopic (exact) mass is 234 g/mol. The Morgan fingerprint density at radius 3 is 2.94 bits per heavy atom. The summed E-state index contributed by atoms with van der Waals surface area (Å²) >= 11 is 0. The van der Waals surface area contributed by atoms with Crippen molar-refractivity contribution in [2.75, 3.05) is 24.5 Å². The number of piperazine rings is 1. The molecule has 1 aromatic rings. The summed E-state index contributed by atoms with van der Waals surface area (Å²) in [6.45, 7) is 6.40. The van der Waals surface area contributed by atoms with Crippen LogP contribution in [0.2, 0.25) is 0 Å². The molecular weight excluding hydrogens is 212 g/mol. The molecule has 17 heavy (non-hydrogen) atoms. The van der Waals surface area contributed by atoms with Crippen molar-refractivity contribution < 1.29 is 0 Å². The highest BCUT2D eigenvalue weighted by Gasteiger charge is 2.38. The highest BCUT2D eigenvalue weighted by Crippen LogP contribution is 2.33. The van der Waals surface area contributed by atoms with Crippen molar-refractivity contribution in [3.05, 3.63) is 12.3 Å².